The van der Waals surface area contributed by atoms with Gasteiger partial charge in [-0.25, -0.2) is 9.78 Å². The lowest BCUT2D eigenvalue weighted by molar-refractivity contribution is 0.0925. The summed E-state index contributed by atoms with van der Waals surface area (Å²) in [6.07, 6.45) is 4.10. The number of hydrogen-bond acceptors (Lipinski definition) is 5. The van der Waals surface area contributed by atoms with Gasteiger partial charge in [0.15, 0.2) is 5.65 Å². The molecule has 30 heavy (non-hydrogen) atoms. The van der Waals surface area contributed by atoms with Crippen LogP contribution in [-0.4, -0.2) is 38.6 Å². The van der Waals surface area contributed by atoms with Crippen LogP contribution in [0, 0.1) is 0 Å². The number of carbonyl (C=O) groups excluding carboxylic acids is 1. The van der Waals surface area contributed by atoms with Crippen molar-refractivity contribution in [2.45, 2.75) is 77.0 Å². The van der Waals surface area contributed by atoms with Crippen LogP contribution in [0.15, 0.2) is 15.7 Å². The van der Waals surface area contributed by atoms with Crippen molar-refractivity contribution < 1.29 is 4.79 Å². The standard InChI is InChI=1S/C20H27N5O3.2ClH/c1-4-25-17-16(19(27)24-20(25)28)14(9-15(23-17)10(2)3)18(26)22-13-7-11-5-6-12(8-13)21-11;;/h9-13,21H,4-8H2,1-3H3,(H,22,26)(H,24,27,28);2*1H. The number of halogens is 2. The highest BCUT2D eigenvalue weighted by molar-refractivity contribution is 6.05. The number of hydrogen-bond donors (Lipinski definition) is 3. The van der Waals surface area contributed by atoms with Gasteiger partial charge >= 0.3 is 5.69 Å². The maximum atomic E-state index is 13.2. The Morgan fingerprint density at radius 1 is 1.23 bits per heavy atom. The molecule has 166 valence electrons. The predicted octanol–water partition coefficient (Wildman–Crippen LogP) is 2.08. The fourth-order valence-electron chi connectivity index (χ4n) is 4.50. The molecule has 2 aliphatic rings. The molecule has 0 radical (unpaired) electrons. The maximum Gasteiger partial charge on any atom is 0.329 e. The van der Waals surface area contributed by atoms with Crippen LogP contribution in [0.4, 0.5) is 0 Å². The SMILES string of the molecule is CCn1c(=O)[nH]c(=O)c2c(C(=O)NC3CC4CCC(C3)N4)cc(C(C)C)nc21.Cl.Cl. The largest absolute Gasteiger partial charge is 0.349 e. The van der Waals surface area contributed by atoms with Gasteiger partial charge in [0.2, 0.25) is 0 Å². The van der Waals surface area contributed by atoms with Crippen LogP contribution in [0.5, 0.6) is 0 Å². The summed E-state index contributed by atoms with van der Waals surface area (Å²) >= 11 is 0. The Morgan fingerprint density at radius 3 is 2.43 bits per heavy atom. The number of nitrogens with one attached hydrogen (secondary N) is 3. The van der Waals surface area contributed by atoms with Crippen LogP contribution in [0.2, 0.25) is 0 Å². The van der Waals surface area contributed by atoms with Gasteiger partial charge in [-0.3, -0.25) is 19.1 Å². The highest BCUT2D eigenvalue weighted by Gasteiger charge is 2.34. The molecule has 2 unspecified atom stereocenters. The van der Waals surface area contributed by atoms with Gasteiger partial charge in [-0.1, -0.05) is 13.8 Å². The average Bonchev–Trinajstić information content (AvgIpc) is 2.99. The molecule has 0 spiro atoms. The number of carbonyl (C=O) groups is 1. The summed E-state index contributed by atoms with van der Waals surface area (Å²) in [4.78, 5) is 44.8. The Bertz CT molecular complexity index is 1040. The first kappa shape index (κ1) is 24.4. The molecule has 2 saturated heterocycles. The molecule has 0 saturated carbocycles. The van der Waals surface area contributed by atoms with Gasteiger partial charge in [0, 0.05) is 30.4 Å². The Morgan fingerprint density at radius 2 is 1.87 bits per heavy atom. The second-order valence-electron chi connectivity index (χ2n) is 8.23. The predicted molar refractivity (Wildman–Crippen MR) is 121 cm³/mol. The van der Waals surface area contributed by atoms with E-state index in [4.69, 9.17) is 0 Å². The lowest BCUT2D eigenvalue weighted by Crippen LogP contribution is -2.48. The number of aromatic nitrogens is 3. The fraction of sp³-hybridized carbons (Fsp3) is 0.600. The number of nitrogens with zero attached hydrogens (tertiary/aromatic N) is 2. The van der Waals surface area contributed by atoms with Crippen LogP contribution < -0.4 is 21.9 Å². The zero-order valence-electron chi connectivity index (χ0n) is 17.4. The van der Waals surface area contributed by atoms with E-state index in [1.165, 1.54) is 4.57 Å². The summed E-state index contributed by atoms with van der Waals surface area (Å²) in [6.45, 7) is 6.12. The lowest BCUT2D eigenvalue weighted by Gasteiger charge is -2.29. The van der Waals surface area contributed by atoms with E-state index in [0.717, 1.165) is 25.7 Å². The van der Waals surface area contributed by atoms with Crippen LogP contribution in [-0.2, 0) is 6.54 Å². The van der Waals surface area contributed by atoms with Gasteiger partial charge < -0.3 is 10.6 Å². The number of fused-ring (bicyclic) bond motifs is 3. The van der Waals surface area contributed by atoms with E-state index in [-0.39, 0.29) is 53.7 Å². The molecule has 2 aliphatic heterocycles. The maximum absolute atomic E-state index is 13.2. The van der Waals surface area contributed by atoms with Crippen molar-refractivity contribution in [3.05, 3.63) is 38.2 Å². The molecular formula is C20H29Cl2N5O3. The smallest absolute Gasteiger partial charge is 0.329 e. The van der Waals surface area contributed by atoms with Crippen molar-refractivity contribution in [2.24, 2.45) is 0 Å². The third-order valence-electron chi connectivity index (χ3n) is 5.93. The van der Waals surface area contributed by atoms with E-state index >= 15 is 0 Å². The molecule has 2 bridgehead atoms. The Kier molecular flexibility index (Phi) is 7.71. The van der Waals surface area contributed by atoms with Crippen LogP contribution >= 0.6 is 24.8 Å². The molecule has 8 nitrogen and oxygen atoms in total. The Labute approximate surface area is 187 Å². The summed E-state index contributed by atoms with van der Waals surface area (Å²) in [5, 5.41) is 6.87. The van der Waals surface area contributed by atoms with Crippen LogP contribution in [0.3, 0.4) is 0 Å². The number of pyridine rings is 1. The van der Waals surface area contributed by atoms with Gasteiger partial charge in [-0.05, 0) is 44.6 Å². The molecule has 0 aliphatic carbocycles. The zero-order chi connectivity index (χ0) is 20.0. The van der Waals surface area contributed by atoms with Crippen molar-refractivity contribution in [3.63, 3.8) is 0 Å². The normalized spacial score (nSPS) is 22.5. The summed E-state index contributed by atoms with van der Waals surface area (Å²) in [5.74, 6) is -0.210. The summed E-state index contributed by atoms with van der Waals surface area (Å²) < 4.78 is 1.41. The van der Waals surface area contributed by atoms with Gasteiger partial charge in [0.1, 0.15) is 0 Å². The molecule has 2 aromatic rings. The number of aromatic amines is 1. The highest BCUT2D eigenvalue weighted by atomic mass is 35.5. The number of piperidine rings is 1. The van der Waals surface area contributed by atoms with Crippen molar-refractivity contribution >= 4 is 41.8 Å². The van der Waals surface area contributed by atoms with E-state index in [1.54, 1.807) is 6.07 Å². The molecular weight excluding hydrogens is 429 g/mol. The molecule has 4 rings (SSSR count). The Balaban J connectivity index is 0.00000160. The molecule has 1 amide bonds. The van der Waals surface area contributed by atoms with E-state index in [2.05, 4.69) is 20.6 Å². The van der Waals surface area contributed by atoms with Gasteiger partial charge in [-0.15, -0.1) is 24.8 Å². The van der Waals surface area contributed by atoms with Crippen LogP contribution in [0.1, 0.15) is 68.4 Å². The number of amides is 1. The molecule has 2 aromatic heterocycles. The quantitative estimate of drug-likeness (QED) is 0.650. The minimum absolute atomic E-state index is 0. The highest BCUT2D eigenvalue weighted by Crippen LogP contribution is 2.27. The first-order valence-electron chi connectivity index (χ1n) is 10.1. The molecule has 3 N–H and O–H groups in total. The third-order valence-corrected chi connectivity index (χ3v) is 5.93. The monoisotopic (exact) mass is 457 g/mol. The average molecular weight is 458 g/mol. The number of aryl methyl sites for hydroxylation is 1. The molecule has 10 heteroatoms. The number of H-pyrrole nitrogens is 1. The fourth-order valence-corrected chi connectivity index (χ4v) is 4.50. The van der Waals surface area contributed by atoms with Crippen molar-refractivity contribution in [3.8, 4) is 0 Å². The third kappa shape index (κ3) is 4.40. The second-order valence-corrected chi connectivity index (χ2v) is 8.23. The summed E-state index contributed by atoms with van der Waals surface area (Å²) in [7, 11) is 0. The second kappa shape index (κ2) is 9.49. The van der Waals surface area contributed by atoms with Crippen molar-refractivity contribution in [2.75, 3.05) is 0 Å². The van der Waals surface area contributed by atoms with E-state index in [1.807, 2.05) is 20.8 Å². The first-order chi connectivity index (χ1) is 13.4. The molecule has 2 atom stereocenters. The minimum Gasteiger partial charge on any atom is -0.349 e. The molecule has 4 heterocycles. The topological polar surface area (TPSA) is 109 Å². The lowest BCUT2D eigenvalue weighted by atomic mass is 9.98. The minimum atomic E-state index is -0.567. The van der Waals surface area contributed by atoms with E-state index < -0.39 is 11.2 Å². The van der Waals surface area contributed by atoms with E-state index in [0.29, 0.717) is 29.9 Å². The number of rotatable bonds is 4. The van der Waals surface area contributed by atoms with Gasteiger partial charge in [0.25, 0.3) is 11.5 Å². The molecule has 2 fully saturated rings. The first-order valence-corrected chi connectivity index (χ1v) is 10.1. The van der Waals surface area contributed by atoms with Gasteiger partial charge in [-0.2, -0.15) is 0 Å². The van der Waals surface area contributed by atoms with Gasteiger partial charge in [0.05, 0.1) is 10.9 Å². The summed E-state index contributed by atoms with van der Waals surface area (Å²) in [6, 6.07) is 2.70. The van der Waals surface area contributed by atoms with Crippen molar-refractivity contribution in [1.82, 2.24) is 25.2 Å². The van der Waals surface area contributed by atoms with E-state index in [9.17, 15) is 14.4 Å². The Hall–Kier alpha value is -1.90. The van der Waals surface area contributed by atoms with Crippen LogP contribution in [0.25, 0.3) is 11.0 Å². The zero-order valence-corrected chi connectivity index (χ0v) is 19.0. The molecule has 0 aromatic carbocycles. The van der Waals surface area contributed by atoms with Crippen molar-refractivity contribution in [1.29, 1.82) is 0 Å². The summed E-state index contributed by atoms with van der Waals surface area (Å²) in [5.41, 5.74) is 0.189.